The van der Waals surface area contributed by atoms with Gasteiger partial charge in [-0.2, -0.15) is 0 Å². The van der Waals surface area contributed by atoms with E-state index in [-0.39, 0.29) is 31.0 Å². The molecule has 1 aliphatic rings. The fourth-order valence-electron chi connectivity index (χ4n) is 5.84. The zero-order valence-electron chi connectivity index (χ0n) is 25.4. The van der Waals surface area contributed by atoms with Crippen molar-refractivity contribution in [2.45, 2.75) is 32.6 Å². The van der Waals surface area contributed by atoms with E-state index in [2.05, 4.69) is 5.32 Å². The van der Waals surface area contributed by atoms with Crippen LogP contribution in [0, 0.1) is 5.92 Å². The maximum Gasteiger partial charge on any atom is 0.321 e. The van der Waals surface area contributed by atoms with Crippen LogP contribution in [0.2, 0.25) is 0 Å². The van der Waals surface area contributed by atoms with Gasteiger partial charge in [0, 0.05) is 49.6 Å². The van der Waals surface area contributed by atoms with Gasteiger partial charge in [-0.05, 0) is 36.2 Å². The lowest BCUT2D eigenvalue weighted by Gasteiger charge is -2.35. The highest BCUT2D eigenvalue weighted by Crippen LogP contribution is 2.38. The van der Waals surface area contributed by atoms with Gasteiger partial charge >= 0.3 is 6.03 Å². The van der Waals surface area contributed by atoms with Crippen LogP contribution in [0.3, 0.4) is 0 Å². The Morgan fingerprint density at radius 2 is 1.81 bits per heavy atom. The second-order valence-electron chi connectivity index (χ2n) is 11.3. The predicted octanol–water partition coefficient (Wildman–Crippen LogP) is 5.38. The molecule has 2 N–H and O–H groups in total. The second-order valence-corrected chi connectivity index (χ2v) is 11.3. The molecule has 3 atom stereocenters. The molecule has 226 valence electrons. The number of fused-ring (bicyclic) bond motifs is 5. The van der Waals surface area contributed by atoms with Gasteiger partial charge in [-0.25, -0.2) is 4.79 Å². The summed E-state index contributed by atoms with van der Waals surface area (Å²) in [6.07, 6.45) is -0.402. The predicted molar refractivity (Wildman–Crippen MR) is 168 cm³/mol. The highest BCUT2D eigenvalue weighted by molar-refractivity contribution is 6.10. The summed E-state index contributed by atoms with van der Waals surface area (Å²) < 4.78 is 13.9. The number of methoxy groups -OCH3 is 1. The van der Waals surface area contributed by atoms with Gasteiger partial charge in [0.2, 0.25) is 0 Å². The summed E-state index contributed by atoms with van der Waals surface area (Å²) in [6, 6.07) is 22.5. The van der Waals surface area contributed by atoms with E-state index in [1.54, 1.807) is 36.1 Å². The number of aryl methyl sites for hydroxylation is 1. The Kier molecular flexibility index (Phi) is 9.03. The summed E-state index contributed by atoms with van der Waals surface area (Å²) >= 11 is 0. The van der Waals surface area contributed by atoms with Gasteiger partial charge in [-0.1, -0.05) is 61.5 Å². The minimum absolute atomic E-state index is 0.153. The van der Waals surface area contributed by atoms with Crippen molar-refractivity contribution in [3.05, 3.63) is 84.1 Å². The third kappa shape index (κ3) is 5.96. The third-order valence-electron chi connectivity index (χ3n) is 8.37. The smallest absolute Gasteiger partial charge is 0.321 e. The minimum Gasteiger partial charge on any atom is -0.495 e. The maximum absolute atomic E-state index is 14.5. The second kappa shape index (κ2) is 12.9. The first-order valence-electron chi connectivity index (χ1n) is 14.6. The van der Waals surface area contributed by atoms with Gasteiger partial charge in [0.05, 0.1) is 38.2 Å². The molecule has 5 rings (SSSR count). The van der Waals surface area contributed by atoms with Gasteiger partial charge in [0.1, 0.15) is 11.4 Å². The summed E-state index contributed by atoms with van der Waals surface area (Å²) in [7, 11) is 5.20. The quantitative estimate of drug-likeness (QED) is 0.318. The molecule has 0 radical (unpaired) electrons. The summed E-state index contributed by atoms with van der Waals surface area (Å²) in [5, 5.41) is 14.1. The number of amides is 3. The molecule has 0 saturated carbocycles. The summed E-state index contributed by atoms with van der Waals surface area (Å²) in [6.45, 7) is 4.62. The van der Waals surface area contributed by atoms with E-state index in [1.807, 2.05) is 86.1 Å². The molecule has 0 unspecified atom stereocenters. The fraction of sp³-hybridized carbons (Fsp3) is 0.353. The molecular formula is C34H40N4O5. The summed E-state index contributed by atoms with van der Waals surface area (Å²) in [4.78, 5) is 31.0. The molecule has 0 bridgehead atoms. The van der Waals surface area contributed by atoms with Crippen LogP contribution in [-0.2, 0) is 18.4 Å². The van der Waals surface area contributed by atoms with Crippen LogP contribution in [-0.4, -0.2) is 77.4 Å². The van der Waals surface area contributed by atoms with Crippen molar-refractivity contribution < 1.29 is 24.2 Å². The summed E-state index contributed by atoms with van der Waals surface area (Å²) in [5.74, 6) is 0.252. The third-order valence-corrected chi connectivity index (χ3v) is 8.37. The average molecular weight is 585 g/mol. The molecule has 9 heteroatoms. The molecule has 43 heavy (non-hydrogen) atoms. The molecule has 4 aromatic rings. The highest BCUT2D eigenvalue weighted by Gasteiger charge is 2.34. The Balaban J connectivity index is 1.53. The first-order valence-corrected chi connectivity index (χ1v) is 14.6. The van der Waals surface area contributed by atoms with Crippen LogP contribution < -0.4 is 10.1 Å². The normalized spacial score (nSPS) is 17.9. The van der Waals surface area contributed by atoms with E-state index in [0.29, 0.717) is 30.3 Å². The number of anilines is 1. The van der Waals surface area contributed by atoms with E-state index in [0.717, 1.165) is 27.6 Å². The molecule has 9 nitrogen and oxygen atoms in total. The average Bonchev–Trinajstić information content (AvgIpc) is 3.32. The number of nitrogens with one attached hydrogen (secondary N) is 1. The van der Waals surface area contributed by atoms with Gasteiger partial charge in [0.15, 0.2) is 0 Å². The number of aromatic nitrogens is 1. The Bertz CT molecular complexity index is 1620. The number of nitrogens with zero attached hydrogens (tertiary/aromatic N) is 3. The highest BCUT2D eigenvalue weighted by atomic mass is 16.5. The SMILES string of the molecule is COc1ccccc1NC(=O)N(C)C[C@@H]1OCc2ccccc2-c2c(n(C)c3ccccc23)C(=O)N([C@@H](C)CO)C[C@H]1C. The first-order chi connectivity index (χ1) is 20.7. The number of rotatable bonds is 6. The van der Waals surface area contributed by atoms with E-state index < -0.39 is 12.1 Å². The molecule has 0 aliphatic carbocycles. The lowest BCUT2D eigenvalue weighted by atomic mass is 9.96. The zero-order chi connectivity index (χ0) is 30.7. The molecule has 1 aromatic heterocycles. The Morgan fingerprint density at radius 3 is 2.58 bits per heavy atom. The molecule has 2 heterocycles. The number of likely N-dealkylation sites (N-methyl/N-ethyl adjacent to an activating group) is 1. The minimum atomic E-state index is -0.427. The molecule has 0 fully saturated rings. The van der Waals surface area contributed by atoms with Crippen LogP contribution in [0.25, 0.3) is 22.0 Å². The summed E-state index contributed by atoms with van der Waals surface area (Å²) in [5.41, 5.74) is 4.85. The van der Waals surface area contributed by atoms with Crippen molar-refractivity contribution in [2.24, 2.45) is 13.0 Å². The maximum atomic E-state index is 14.5. The van der Waals surface area contributed by atoms with Crippen LogP contribution in [0.5, 0.6) is 5.75 Å². The Hall–Kier alpha value is -4.34. The van der Waals surface area contributed by atoms with Gasteiger partial charge in [-0.15, -0.1) is 0 Å². The molecule has 3 aromatic carbocycles. The number of hydrogen-bond acceptors (Lipinski definition) is 5. The van der Waals surface area contributed by atoms with E-state index >= 15 is 0 Å². The van der Waals surface area contributed by atoms with E-state index in [4.69, 9.17) is 9.47 Å². The first kappa shape index (κ1) is 30.1. The zero-order valence-corrected chi connectivity index (χ0v) is 25.4. The monoisotopic (exact) mass is 584 g/mol. The van der Waals surface area contributed by atoms with E-state index in [1.165, 1.54) is 0 Å². The lowest BCUT2D eigenvalue weighted by Crippen LogP contribution is -2.48. The van der Waals surface area contributed by atoms with E-state index in [9.17, 15) is 14.7 Å². The lowest BCUT2D eigenvalue weighted by molar-refractivity contribution is -0.0179. The molecule has 0 saturated heterocycles. The van der Waals surface area contributed by atoms with Crippen molar-refractivity contribution in [3.63, 3.8) is 0 Å². The van der Waals surface area contributed by atoms with Crippen LogP contribution in [0.15, 0.2) is 72.8 Å². The van der Waals surface area contributed by atoms with Crippen molar-refractivity contribution in [2.75, 3.05) is 39.2 Å². The largest absolute Gasteiger partial charge is 0.495 e. The standard InChI is InChI=1S/C34H40N4O5/c1-22-18-38(23(2)20-39)33(40)32-31(26-14-8-10-16-28(26)37(32)4)25-13-7-6-12-24(25)21-43-30(22)19-36(3)34(41)35-27-15-9-11-17-29(27)42-5/h6-17,22-23,30,39H,18-21H2,1-5H3,(H,35,41)/t22-,23+,30+/m1/s1. The van der Waals surface area contributed by atoms with Crippen molar-refractivity contribution in [3.8, 4) is 16.9 Å². The van der Waals surface area contributed by atoms with Crippen LogP contribution >= 0.6 is 0 Å². The number of carbonyl (C=O) groups is 2. The number of carbonyl (C=O) groups excluding carboxylic acids is 2. The van der Waals surface area contributed by atoms with Gasteiger partial charge < -0.3 is 34.3 Å². The van der Waals surface area contributed by atoms with Crippen molar-refractivity contribution >= 4 is 28.5 Å². The van der Waals surface area contributed by atoms with Crippen molar-refractivity contribution in [1.29, 1.82) is 0 Å². The fourth-order valence-corrected chi connectivity index (χ4v) is 5.84. The Morgan fingerprint density at radius 1 is 1.12 bits per heavy atom. The number of aliphatic hydroxyl groups excluding tert-OH is 1. The van der Waals surface area contributed by atoms with Crippen LogP contribution in [0.4, 0.5) is 10.5 Å². The van der Waals surface area contributed by atoms with Crippen molar-refractivity contribution in [1.82, 2.24) is 14.4 Å². The number of urea groups is 1. The van der Waals surface area contributed by atoms with Gasteiger partial charge in [-0.3, -0.25) is 4.79 Å². The molecule has 0 spiro atoms. The molecular weight excluding hydrogens is 544 g/mol. The van der Waals surface area contributed by atoms with Crippen LogP contribution in [0.1, 0.15) is 29.9 Å². The number of benzene rings is 3. The molecule has 1 aliphatic heterocycles. The number of para-hydroxylation sites is 3. The van der Waals surface area contributed by atoms with Gasteiger partial charge in [0.25, 0.3) is 5.91 Å². The topological polar surface area (TPSA) is 96.3 Å². The number of aliphatic hydroxyl groups is 1. The number of hydrogen-bond donors (Lipinski definition) is 2. The number of ether oxygens (including phenoxy) is 2. The Labute approximate surface area is 252 Å². The molecule has 3 amide bonds.